The van der Waals surface area contributed by atoms with E-state index in [4.69, 9.17) is 0 Å². The van der Waals surface area contributed by atoms with Gasteiger partial charge < -0.3 is 4.90 Å². The van der Waals surface area contributed by atoms with Gasteiger partial charge in [0.15, 0.2) is 0 Å². The third-order valence-corrected chi connectivity index (χ3v) is 13.3. The van der Waals surface area contributed by atoms with Crippen LogP contribution in [0.5, 0.6) is 0 Å². The molecule has 0 spiro atoms. The van der Waals surface area contributed by atoms with Crippen LogP contribution in [-0.4, -0.2) is 0 Å². The molecule has 0 radical (unpaired) electrons. The van der Waals surface area contributed by atoms with Gasteiger partial charge in [-0.25, -0.2) is 0 Å². The molecule has 2 aliphatic rings. The molecule has 0 aliphatic heterocycles. The Morgan fingerprint density at radius 3 is 1.56 bits per heavy atom. The highest BCUT2D eigenvalue weighted by molar-refractivity contribution is 6.10. The Bertz CT molecular complexity index is 3060. The van der Waals surface area contributed by atoms with E-state index >= 15 is 0 Å². The van der Waals surface area contributed by atoms with Crippen LogP contribution in [-0.2, 0) is 10.8 Å². The lowest BCUT2D eigenvalue weighted by atomic mass is 9.65. The first-order valence-corrected chi connectivity index (χ1v) is 20.8. The Morgan fingerprint density at radius 2 is 0.831 bits per heavy atom. The molecule has 0 N–H and O–H groups in total. The van der Waals surface area contributed by atoms with Gasteiger partial charge in [0, 0.05) is 27.9 Å². The molecule has 9 aromatic rings. The van der Waals surface area contributed by atoms with Crippen LogP contribution >= 0.6 is 0 Å². The summed E-state index contributed by atoms with van der Waals surface area (Å²) < 4.78 is 0. The van der Waals surface area contributed by atoms with Crippen molar-refractivity contribution in [3.63, 3.8) is 0 Å². The molecule has 0 amide bonds. The van der Waals surface area contributed by atoms with Gasteiger partial charge in [0.05, 0.1) is 0 Å². The molecule has 0 unspecified atom stereocenters. The lowest BCUT2D eigenvalue weighted by Gasteiger charge is -2.38. The quantitative estimate of drug-likeness (QED) is 0.163. The van der Waals surface area contributed by atoms with Gasteiger partial charge in [0.1, 0.15) is 0 Å². The fourth-order valence-corrected chi connectivity index (χ4v) is 10.3. The Hall–Kier alpha value is -6.96. The Morgan fingerprint density at radius 1 is 0.322 bits per heavy atom. The molecule has 2 aliphatic carbocycles. The van der Waals surface area contributed by atoms with E-state index in [-0.39, 0.29) is 10.8 Å². The summed E-state index contributed by atoms with van der Waals surface area (Å²) in [6.07, 6.45) is 0. The zero-order valence-electron chi connectivity index (χ0n) is 34.0. The fourth-order valence-electron chi connectivity index (χ4n) is 10.3. The van der Waals surface area contributed by atoms with E-state index in [2.05, 4.69) is 233 Å². The molecule has 0 aromatic heterocycles. The van der Waals surface area contributed by atoms with Crippen LogP contribution in [0.2, 0.25) is 0 Å². The number of benzene rings is 9. The first-order chi connectivity index (χ1) is 28.8. The van der Waals surface area contributed by atoms with E-state index in [0.29, 0.717) is 0 Å². The van der Waals surface area contributed by atoms with Gasteiger partial charge in [0.25, 0.3) is 0 Å². The van der Waals surface area contributed by atoms with Crippen molar-refractivity contribution in [3.8, 4) is 55.6 Å². The molecule has 1 nitrogen and oxygen atoms in total. The summed E-state index contributed by atoms with van der Waals surface area (Å²) in [5.41, 5.74) is 21.4. The lowest BCUT2D eigenvalue weighted by Crippen LogP contribution is -2.25. The molecule has 1 heteroatoms. The molecule has 0 atom stereocenters. The number of nitrogens with zero attached hydrogens (tertiary/aromatic N) is 1. The average molecular weight is 756 g/mol. The molecule has 0 saturated carbocycles. The van der Waals surface area contributed by atoms with Crippen molar-refractivity contribution in [2.24, 2.45) is 0 Å². The Balaban J connectivity index is 1.06. The highest BCUT2D eigenvalue weighted by Gasteiger charge is 2.38. The van der Waals surface area contributed by atoms with E-state index < -0.39 is 0 Å². The summed E-state index contributed by atoms with van der Waals surface area (Å²) in [6, 6.07) is 74.2. The molecule has 59 heavy (non-hydrogen) atoms. The minimum absolute atomic E-state index is 0.101. The van der Waals surface area contributed by atoms with Gasteiger partial charge in [-0.2, -0.15) is 0 Å². The third-order valence-electron chi connectivity index (χ3n) is 13.3. The molecule has 0 saturated heterocycles. The monoisotopic (exact) mass is 755 g/mol. The molecule has 0 fully saturated rings. The number of anilines is 3. The SMILES string of the molecule is CC1(C)c2ccccc2-c2ccc(N(c3ccc(-c4ccccc4)cc3)c3ccc(-c4ccc5cccc6c5c4-c4cccc(-c5ccccc5)c4C6(C)C)cc3)cc21. The van der Waals surface area contributed by atoms with E-state index in [9.17, 15) is 0 Å². The summed E-state index contributed by atoms with van der Waals surface area (Å²) >= 11 is 0. The number of hydrogen-bond donors (Lipinski definition) is 0. The molecule has 9 aromatic carbocycles. The van der Waals surface area contributed by atoms with Crippen molar-refractivity contribution in [1.29, 1.82) is 0 Å². The molecule has 282 valence electrons. The van der Waals surface area contributed by atoms with Gasteiger partial charge in [-0.05, 0) is 125 Å². The highest BCUT2D eigenvalue weighted by Crippen LogP contribution is 2.55. The van der Waals surface area contributed by atoms with Gasteiger partial charge in [-0.3, -0.25) is 0 Å². The van der Waals surface area contributed by atoms with Crippen LogP contribution in [0.1, 0.15) is 49.9 Å². The zero-order valence-corrected chi connectivity index (χ0v) is 34.0. The predicted molar refractivity (Wildman–Crippen MR) is 250 cm³/mol. The maximum Gasteiger partial charge on any atom is 0.0465 e. The fraction of sp³-hybridized carbons (Fsp3) is 0.103. The second kappa shape index (κ2) is 13.3. The maximum absolute atomic E-state index is 2.42. The lowest BCUT2D eigenvalue weighted by molar-refractivity contribution is 0.647. The van der Waals surface area contributed by atoms with Crippen molar-refractivity contribution in [2.75, 3.05) is 4.90 Å². The van der Waals surface area contributed by atoms with E-state index in [1.165, 1.54) is 88.7 Å². The largest absolute Gasteiger partial charge is 0.310 e. The number of rotatable bonds is 6. The van der Waals surface area contributed by atoms with Crippen molar-refractivity contribution >= 4 is 27.8 Å². The second-order valence-corrected chi connectivity index (χ2v) is 17.3. The van der Waals surface area contributed by atoms with Crippen LogP contribution < -0.4 is 4.90 Å². The minimum Gasteiger partial charge on any atom is -0.310 e. The number of fused-ring (bicyclic) bond motifs is 5. The smallest absolute Gasteiger partial charge is 0.0465 e. The summed E-state index contributed by atoms with van der Waals surface area (Å²) in [4.78, 5) is 2.42. The zero-order chi connectivity index (χ0) is 39.9. The van der Waals surface area contributed by atoms with Gasteiger partial charge in [-0.1, -0.05) is 191 Å². The summed E-state index contributed by atoms with van der Waals surface area (Å²) in [5, 5.41) is 2.65. The van der Waals surface area contributed by atoms with Gasteiger partial charge >= 0.3 is 0 Å². The summed E-state index contributed by atoms with van der Waals surface area (Å²) in [5.74, 6) is 0. The van der Waals surface area contributed by atoms with Crippen LogP contribution in [0, 0.1) is 0 Å². The molecule has 0 bridgehead atoms. The Kier molecular flexibility index (Phi) is 7.94. The third kappa shape index (κ3) is 5.45. The predicted octanol–water partition coefficient (Wildman–Crippen LogP) is 15.9. The van der Waals surface area contributed by atoms with Crippen molar-refractivity contribution < 1.29 is 0 Å². The van der Waals surface area contributed by atoms with Crippen molar-refractivity contribution in [2.45, 2.75) is 38.5 Å². The maximum atomic E-state index is 2.42. The normalized spacial score (nSPS) is 14.0. The van der Waals surface area contributed by atoms with E-state index in [1.54, 1.807) is 0 Å². The second-order valence-electron chi connectivity index (χ2n) is 17.3. The van der Waals surface area contributed by atoms with Gasteiger partial charge in [0.2, 0.25) is 0 Å². The summed E-state index contributed by atoms with van der Waals surface area (Å²) in [7, 11) is 0. The van der Waals surface area contributed by atoms with Crippen molar-refractivity contribution in [1.82, 2.24) is 0 Å². The number of hydrogen-bond acceptors (Lipinski definition) is 1. The summed E-state index contributed by atoms with van der Waals surface area (Å²) in [6.45, 7) is 9.52. The van der Waals surface area contributed by atoms with Gasteiger partial charge in [-0.15, -0.1) is 0 Å². The van der Waals surface area contributed by atoms with E-state index in [1.807, 2.05) is 0 Å². The van der Waals surface area contributed by atoms with Crippen LogP contribution in [0.15, 0.2) is 200 Å². The topological polar surface area (TPSA) is 3.24 Å². The van der Waals surface area contributed by atoms with Crippen molar-refractivity contribution in [3.05, 3.63) is 222 Å². The molecule has 0 heterocycles. The molecular formula is C58H45N. The Labute approximate surface area is 347 Å². The van der Waals surface area contributed by atoms with Crippen LogP contribution in [0.4, 0.5) is 17.1 Å². The average Bonchev–Trinajstić information content (AvgIpc) is 3.51. The van der Waals surface area contributed by atoms with E-state index in [0.717, 1.165) is 17.1 Å². The highest BCUT2D eigenvalue weighted by atomic mass is 15.1. The minimum atomic E-state index is -0.181. The molecule has 11 rings (SSSR count). The van der Waals surface area contributed by atoms with Crippen LogP contribution in [0.3, 0.4) is 0 Å². The first-order valence-electron chi connectivity index (χ1n) is 20.8. The first kappa shape index (κ1) is 35.2. The standard InChI is InChI=1S/C58H45N/c1-57(2)51-23-12-11-20-48(51)49-36-34-45(37-53(49)57)59(43-30-25-39(26-31-43)38-15-7-5-8-16-38)44-32-27-41(28-33-44)46-35-29-42-19-13-24-52-54(42)55(46)50-22-14-21-47(56(50)58(52,3)4)40-17-9-6-10-18-40/h5-37H,1-4H3. The molecular weight excluding hydrogens is 711 g/mol. The van der Waals surface area contributed by atoms with Crippen LogP contribution in [0.25, 0.3) is 66.4 Å².